The van der Waals surface area contributed by atoms with Crippen molar-refractivity contribution in [1.82, 2.24) is 20.2 Å². The minimum atomic E-state index is -2.81. The minimum Gasteiger partial charge on any atom is -0.350 e. The van der Waals surface area contributed by atoms with E-state index < -0.39 is 30.1 Å². The van der Waals surface area contributed by atoms with E-state index in [0.717, 1.165) is 0 Å². The van der Waals surface area contributed by atoms with Crippen LogP contribution in [0.15, 0.2) is 36.7 Å². The van der Waals surface area contributed by atoms with Crippen LogP contribution in [-0.4, -0.2) is 46.3 Å². The number of carbonyl (C=O) groups excluding carboxylic acids is 1. The molecule has 2 heterocycles. The quantitative estimate of drug-likeness (QED) is 0.695. The number of aromatic nitrogens is 2. The molecule has 1 fully saturated rings. The molecule has 0 spiro atoms. The van der Waals surface area contributed by atoms with Crippen molar-refractivity contribution in [1.29, 1.82) is 0 Å². The molecule has 1 N–H and O–H groups in total. The number of hydrogen-bond acceptors (Lipinski definition) is 4. The van der Waals surface area contributed by atoms with Crippen LogP contribution in [0.3, 0.4) is 0 Å². The van der Waals surface area contributed by atoms with Crippen molar-refractivity contribution in [2.75, 3.05) is 19.6 Å². The monoisotopic (exact) mass is 430 g/mol. The fourth-order valence-corrected chi connectivity index (χ4v) is 3.40. The van der Waals surface area contributed by atoms with Gasteiger partial charge in [0.15, 0.2) is 5.82 Å². The molecule has 5 nitrogen and oxygen atoms in total. The van der Waals surface area contributed by atoms with E-state index in [0.29, 0.717) is 5.56 Å². The van der Waals surface area contributed by atoms with Crippen LogP contribution in [0.5, 0.6) is 0 Å². The second-order valence-corrected chi connectivity index (χ2v) is 7.18. The highest BCUT2D eigenvalue weighted by molar-refractivity contribution is 6.33. The average molecular weight is 431 g/mol. The summed E-state index contributed by atoms with van der Waals surface area (Å²) in [5.74, 6) is -3.77. The van der Waals surface area contributed by atoms with E-state index in [1.54, 1.807) is 29.2 Å². The van der Waals surface area contributed by atoms with Crippen molar-refractivity contribution in [2.24, 2.45) is 0 Å². The Morgan fingerprint density at radius 1 is 1.17 bits per heavy atom. The van der Waals surface area contributed by atoms with Gasteiger partial charge in [0, 0.05) is 50.4 Å². The molecule has 1 amide bonds. The number of amides is 1. The standard InChI is InChI=1S/C19H19ClF4N4O/c20-14-4-2-1-3-13(14)18(29)27-11-15(28-7-5-19(23,24)6-8-28)12-9-25-17(16(21)22)26-10-12/h1-4,9-10,15-16H,5-8,11H2,(H,27,29). The lowest BCUT2D eigenvalue weighted by Gasteiger charge is -2.37. The number of rotatable bonds is 6. The Morgan fingerprint density at radius 3 is 2.38 bits per heavy atom. The Morgan fingerprint density at radius 2 is 1.79 bits per heavy atom. The third-order valence-electron chi connectivity index (χ3n) is 4.82. The van der Waals surface area contributed by atoms with Gasteiger partial charge in [0.05, 0.1) is 16.6 Å². The van der Waals surface area contributed by atoms with E-state index in [4.69, 9.17) is 11.6 Å². The first-order valence-corrected chi connectivity index (χ1v) is 9.39. The highest BCUT2D eigenvalue weighted by atomic mass is 35.5. The lowest BCUT2D eigenvalue weighted by Crippen LogP contribution is -2.45. The lowest BCUT2D eigenvalue weighted by atomic mass is 10.0. The summed E-state index contributed by atoms with van der Waals surface area (Å²) < 4.78 is 52.6. The minimum absolute atomic E-state index is 0.0625. The Kier molecular flexibility index (Phi) is 6.69. The number of likely N-dealkylation sites (tertiary alicyclic amines) is 1. The number of benzene rings is 1. The SMILES string of the molecule is O=C(NCC(c1cnc(C(F)F)nc1)N1CCC(F)(F)CC1)c1ccccc1Cl. The summed E-state index contributed by atoms with van der Waals surface area (Å²) in [6, 6.07) is 5.97. The zero-order chi connectivity index (χ0) is 21.0. The maximum absolute atomic E-state index is 13.5. The van der Waals surface area contributed by atoms with E-state index >= 15 is 0 Å². The van der Waals surface area contributed by atoms with Gasteiger partial charge in [-0.2, -0.15) is 0 Å². The van der Waals surface area contributed by atoms with Crippen LogP contribution in [0.4, 0.5) is 17.6 Å². The molecule has 0 radical (unpaired) electrons. The van der Waals surface area contributed by atoms with Gasteiger partial charge in [0.2, 0.25) is 0 Å². The van der Waals surface area contributed by atoms with Crippen molar-refractivity contribution in [3.05, 3.63) is 58.6 Å². The number of piperidine rings is 1. The maximum atomic E-state index is 13.5. The van der Waals surface area contributed by atoms with Crippen molar-refractivity contribution in [3.8, 4) is 0 Å². The zero-order valence-electron chi connectivity index (χ0n) is 15.3. The van der Waals surface area contributed by atoms with Crippen LogP contribution >= 0.6 is 11.6 Å². The number of alkyl halides is 4. The predicted octanol–water partition coefficient (Wildman–Crippen LogP) is 4.27. The molecule has 1 unspecified atom stereocenters. The summed E-state index contributed by atoms with van der Waals surface area (Å²) in [4.78, 5) is 21.5. The summed E-state index contributed by atoms with van der Waals surface area (Å²) in [6.07, 6.45) is -0.965. The van der Waals surface area contributed by atoms with Crippen molar-refractivity contribution >= 4 is 17.5 Å². The third-order valence-corrected chi connectivity index (χ3v) is 5.15. The molecule has 1 aromatic heterocycles. The van der Waals surface area contributed by atoms with Gasteiger partial charge in [-0.25, -0.2) is 27.5 Å². The molecule has 0 saturated carbocycles. The maximum Gasteiger partial charge on any atom is 0.297 e. The van der Waals surface area contributed by atoms with Gasteiger partial charge in [-0.05, 0) is 12.1 Å². The van der Waals surface area contributed by atoms with Crippen LogP contribution in [0, 0.1) is 0 Å². The number of halogens is 5. The molecule has 0 bridgehead atoms. The van der Waals surface area contributed by atoms with Crippen molar-refractivity contribution in [3.63, 3.8) is 0 Å². The van der Waals surface area contributed by atoms with E-state index in [9.17, 15) is 22.4 Å². The molecule has 29 heavy (non-hydrogen) atoms. The average Bonchev–Trinajstić information content (AvgIpc) is 2.69. The Balaban J connectivity index is 1.77. The molecule has 1 saturated heterocycles. The predicted molar refractivity (Wildman–Crippen MR) is 99.3 cm³/mol. The van der Waals surface area contributed by atoms with E-state index in [2.05, 4.69) is 15.3 Å². The zero-order valence-corrected chi connectivity index (χ0v) is 16.0. The summed E-state index contributed by atoms with van der Waals surface area (Å²) in [5.41, 5.74) is 0.737. The molecular formula is C19H19ClF4N4O. The van der Waals surface area contributed by atoms with Crippen molar-refractivity contribution in [2.45, 2.75) is 31.2 Å². The van der Waals surface area contributed by atoms with Crippen LogP contribution in [0.25, 0.3) is 0 Å². The van der Waals surface area contributed by atoms with Gasteiger partial charge in [0.25, 0.3) is 18.3 Å². The Bertz CT molecular complexity index is 840. The first-order valence-electron chi connectivity index (χ1n) is 9.01. The van der Waals surface area contributed by atoms with Crippen LogP contribution in [0.1, 0.15) is 47.1 Å². The number of nitrogens with one attached hydrogen (secondary N) is 1. The smallest absolute Gasteiger partial charge is 0.297 e. The van der Waals surface area contributed by atoms with Crippen LogP contribution in [0.2, 0.25) is 5.02 Å². The largest absolute Gasteiger partial charge is 0.350 e. The van der Waals surface area contributed by atoms with Gasteiger partial charge in [0.1, 0.15) is 0 Å². The lowest BCUT2D eigenvalue weighted by molar-refractivity contribution is -0.0632. The van der Waals surface area contributed by atoms with Crippen LogP contribution < -0.4 is 5.32 Å². The van der Waals surface area contributed by atoms with Gasteiger partial charge < -0.3 is 5.32 Å². The molecule has 10 heteroatoms. The first-order chi connectivity index (χ1) is 13.8. The Labute approximate surface area is 170 Å². The number of carbonyl (C=O) groups is 1. The molecule has 3 rings (SSSR count). The molecular weight excluding hydrogens is 412 g/mol. The van der Waals surface area contributed by atoms with Gasteiger partial charge >= 0.3 is 0 Å². The third kappa shape index (κ3) is 5.42. The van der Waals surface area contributed by atoms with Crippen LogP contribution in [-0.2, 0) is 0 Å². The molecule has 1 atom stereocenters. The second-order valence-electron chi connectivity index (χ2n) is 6.77. The van der Waals surface area contributed by atoms with Crippen molar-refractivity contribution < 1.29 is 22.4 Å². The first kappa shape index (κ1) is 21.4. The molecule has 156 valence electrons. The molecule has 2 aromatic rings. The van der Waals surface area contributed by atoms with E-state index in [-0.39, 0.29) is 43.1 Å². The number of nitrogens with zero attached hydrogens (tertiary/aromatic N) is 3. The highest BCUT2D eigenvalue weighted by Crippen LogP contribution is 2.32. The fourth-order valence-electron chi connectivity index (χ4n) is 3.18. The summed E-state index contributed by atoms with van der Waals surface area (Å²) in [7, 11) is 0. The summed E-state index contributed by atoms with van der Waals surface area (Å²) >= 11 is 6.03. The van der Waals surface area contributed by atoms with E-state index in [1.807, 2.05) is 0 Å². The normalized spacial score (nSPS) is 17.9. The summed E-state index contributed by atoms with van der Waals surface area (Å²) in [6.45, 7) is 0.249. The van der Waals surface area contributed by atoms with Gasteiger partial charge in [-0.3, -0.25) is 9.69 Å². The fraction of sp³-hybridized carbons (Fsp3) is 0.421. The molecule has 1 aliphatic rings. The van der Waals surface area contributed by atoms with Gasteiger partial charge in [-0.15, -0.1) is 0 Å². The second kappa shape index (κ2) is 9.04. The summed E-state index contributed by atoms with van der Waals surface area (Å²) in [5, 5.41) is 3.02. The van der Waals surface area contributed by atoms with E-state index in [1.165, 1.54) is 12.4 Å². The highest BCUT2D eigenvalue weighted by Gasteiger charge is 2.37. The number of hydrogen-bond donors (Lipinski definition) is 1. The topological polar surface area (TPSA) is 58.1 Å². The molecule has 1 aliphatic heterocycles. The molecule has 0 aliphatic carbocycles. The van der Waals surface area contributed by atoms with Gasteiger partial charge in [-0.1, -0.05) is 23.7 Å². The Hall–Kier alpha value is -2.26. The molecule has 1 aromatic carbocycles.